The Morgan fingerprint density at radius 1 is 1.14 bits per heavy atom. The number of hydrogen-bond donors (Lipinski definition) is 4. The molecule has 3 aromatic rings. The third-order valence-electron chi connectivity index (χ3n) is 6.47. The largest absolute Gasteiger partial charge is 0.502 e. The summed E-state index contributed by atoms with van der Waals surface area (Å²) in [4.78, 5) is 17.9. The second-order valence-corrected chi connectivity index (χ2v) is 11.1. The van der Waals surface area contributed by atoms with Crippen LogP contribution in [0.3, 0.4) is 0 Å². The van der Waals surface area contributed by atoms with Gasteiger partial charge in [0, 0.05) is 49.1 Å². The van der Waals surface area contributed by atoms with E-state index in [1.807, 2.05) is 48.5 Å². The summed E-state index contributed by atoms with van der Waals surface area (Å²) >= 11 is 0. The molecule has 37 heavy (non-hydrogen) atoms. The average Bonchev–Trinajstić information content (AvgIpc) is 3.38. The Bertz CT molecular complexity index is 1440. The van der Waals surface area contributed by atoms with Crippen molar-refractivity contribution in [2.45, 2.75) is 31.3 Å². The first-order valence-corrected chi connectivity index (χ1v) is 13.8. The number of rotatable bonds is 8. The van der Waals surface area contributed by atoms with Gasteiger partial charge in [-0.2, -0.15) is 0 Å². The minimum Gasteiger partial charge on any atom is -0.502 e. The Balaban J connectivity index is 1.33. The Morgan fingerprint density at radius 2 is 1.78 bits per heavy atom. The highest BCUT2D eigenvalue weighted by molar-refractivity contribution is 7.88. The van der Waals surface area contributed by atoms with Gasteiger partial charge >= 0.3 is 0 Å². The summed E-state index contributed by atoms with van der Waals surface area (Å²) in [7, 11) is -3.13. The van der Waals surface area contributed by atoms with Crippen molar-refractivity contribution in [3.63, 3.8) is 0 Å². The zero-order valence-corrected chi connectivity index (χ0v) is 21.3. The molecule has 1 unspecified atom stereocenters. The van der Waals surface area contributed by atoms with Crippen LogP contribution in [-0.2, 0) is 23.0 Å². The van der Waals surface area contributed by atoms with Crippen molar-refractivity contribution >= 4 is 10.0 Å². The van der Waals surface area contributed by atoms with Gasteiger partial charge in [-0.3, -0.25) is 4.79 Å². The van der Waals surface area contributed by atoms with E-state index >= 15 is 0 Å². The summed E-state index contributed by atoms with van der Waals surface area (Å²) in [5, 5.41) is 23.2. The molecule has 1 aliphatic heterocycles. The predicted molar refractivity (Wildman–Crippen MR) is 141 cm³/mol. The molecule has 9 nitrogen and oxygen atoms in total. The number of aromatic amines is 1. The molecular formula is C27H30N4O5S. The highest BCUT2D eigenvalue weighted by atomic mass is 32.2. The minimum absolute atomic E-state index is 0.153. The lowest BCUT2D eigenvalue weighted by Gasteiger charge is -2.14. The molecule has 2 atom stereocenters. The van der Waals surface area contributed by atoms with E-state index in [-0.39, 0.29) is 30.7 Å². The Hall–Kier alpha value is -3.49. The van der Waals surface area contributed by atoms with Crippen molar-refractivity contribution in [1.82, 2.24) is 19.6 Å². The van der Waals surface area contributed by atoms with Gasteiger partial charge in [0.2, 0.25) is 15.8 Å². The van der Waals surface area contributed by atoms with E-state index in [1.165, 1.54) is 16.9 Å². The van der Waals surface area contributed by atoms with Gasteiger partial charge in [0.15, 0.2) is 0 Å². The van der Waals surface area contributed by atoms with E-state index in [0.29, 0.717) is 19.6 Å². The molecule has 0 radical (unpaired) electrons. The molecule has 1 aliphatic rings. The summed E-state index contributed by atoms with van der Waals surface area (Å²) in [6.07, 6.45) is 3.52. The lowest BCUT2D eigenvalue weighted by atomic mass is 9.94. The molecule has 0 amide bonds. The van der Waals surface area contributed by atoms with Crippen LogP contribution >= 0.6 is 0 Å². The number of aliphatic hydroxyl groups is 1. The normalized spacial score (nSPS) is 16.8. The number of sulfonamides is 1. The third kappa shape index (κ3) is 7.05. The Morgan fingerprint density at radius 3 is 2.38 bits per heavy atom. The Labute approximate surface area is 216 Å². The van der Waals surface area contributed by atoms with Crippen LogP contribution in [-0.4, -0.2) is 64.9 Å². The quantitative estimate of drug-likeness (QED) is 0.328. The van der Waals surface area contributed by atoms with Crippen LogP contribution in [0, 0.1) is 11.8 Å². The topological polar surface area (TPSA) is 136 Å². The molecule has 2 aromatic carbocycles. The van der Waals surface area contributed by atoms with Crippen molar-refractivity contribution in [3.05, 3.63) is 93.2 Å². The lowest BCUT2D eigenvalue weighted by Crippen LogP contribution is -2.34. The number of H-pyrrole nitrogens is 1. The smallest absolute Gasteiger partial charge is 0.293 e. The maximum Gasteiger partial charge on any atom is 0.293 e. The predicted octanol–water partition coefficient (Wildman–Crippen LogP) is 1.32. The number of nitrogens with one attached hydrogen (secondary N) is 2. The van der Waals surface area contributed by atoms with E-state index in [0.717, 1.165) is 28.7 Å². The Kier molecular flexibility index (Phi) is 8.41. The second-order valence-electron chi connectivity index (χ2n) is 9.17. The van der Waals surface area contributed by atoms with Crippen LogP contribution in [0.1, 0.15) is 40.3 Å². The van der Waals surface area contributed by atoms with E-state index in [4.69, 9.17) is 0 Å². The van der Waals surface area contributed by atoms with Crippen molar-refractivity contribution in [2.75, 3.05) is 26.0 Å². The van der Waals surface area contributed by atoms with Gasteiger partial charge in [-0.25, -0.2) is 17.7 Å². The minimum atomic E-state index is -3.13. The molecule has 194 valence electrons. The summed E-state index contributed by atoms with van der Waals surface area (Å²) in [6.45, 7) is 1.57. The molecule has 4 rings (SSSR count). The molecule has 0 aliphatic carbocycles. The van der Waals surface area contributed by atoms with Gasteiger partial charge in [-0.1, -0.05) is 36.1 Å². The van der Waals surface area contributed by atoms with Crippen LogP contribution in [0.5, 0.6) is 5.75 Å². The standard InChI is InChI=1S/C27H30N4O5S/c1-37(35,36)31-13-12-24(16-31)28-15-21-6-4-19(5-7-21)2-3-20-8-10-22(11-9-20)23(17-32)14-25-26(33)27(34)30-18-29-25/h4-11,18,23-24,28,32-33H,12-17H2,1H3,(H,29,30,34)/t23?,24-/m1/s1. The molecule has 0 bridgehead atoms. The molecule has 2 heterocycles. The molecule has 1 fully saturated rings. The average molecular weight is 523 g/mol. The fourth-order valence-corrected chi connectivity index (χ4v) is 5.13. The van der Waals surface area contributed by atoms with Crippen molar-refractivity contribution in [1.29, 1.82) is 0 Å². The van der Waals surface area contributed by atoms with Crippen molar-refractivity contribution in [2.24, 2.45) is 0 Å². The summed E-state index contributed by atoms with van der Waals surface area (Å²) < 4.78 is 24.8. The van der Waals surface area contributed by atoms with Crippen LogP contribution in [0.4, 0.5) is 0 Å². The molecule has 4 N–H and O–H groups in total. The van der Waals surface area contributed by atoms with E-state index < -0.39 is 21.3 Å². The molecule has 0 spiro atoms. The van der Waals surface area contributed by atoms with Crippen LogP contribution < -0.4 is 10.9 Å². The number of aromatic nitrogens is 2. The van der Waals surface area contributed by atoms with E-state index in [1.54, 1.807) is 0 Å². The fraction of sp³-hybridized carbons (Fsp3) is 0.333. The number of hydrogen-bond acceptors (Lipinski definition) is 7. The molecule has 0 saturated carbocycles. The highest BCUT2D eigenvalue weighted by Crippen LogP contribution is 2.22. The molecule has 1 aromatic heterocycles. The number of aromatic hydroxyl groups is 1. The third-order valence-corrected chi connectivity index (χ3v) is 7.74. The van der Waals surface area contributed by atoms with Crippen LogP contribution in [0.2, 0.25) is 0 Å². The first-order chi connectivity index (χ1) is 17.7. The lowest BCUT2D eigenvalue weighted by molar-refractivity contribution is 0.263. The van der Waals surface area contributed by atoms with Gasteiger partial charge in [0.1, 0.15) is 0 Å². The zero-order valence-electron chi connectivity index (χ0n) is 20.5. The van der Waals surface area contributed by atoms with Gasteiger partial charge in [0.25, 0.3) is 5.56 Å². The monoisotopic (exact) mass is 522 g/mol. The summed E-state index contributed by atoms with van der Waals surface area (Å²) in [5.74, 6) is 5.54. The van der Waals surface area contributed by atoms with Gasteiger partial charge in [-0.05, 0) is 41.8 Å². The van der Waals surface area contributed by atoms with Crippen LogP contribution in [0.25, 0.3) is 0 Å². The van der Waals surface area contributed by atoms with E-state index in [9.17, 15) is 23.4 Å². The number of benzene rings is 2. The van der Waals surface area contributed by atoms with Gasteiger partial charge in [-0.15, -0.1) is 0 Å². The van der Waals surface area contributed by atoms with Gasteiger partial charge < -0.3 is 20.5 Å². The second kappa shape index (κ2) is 11.7. The number of aliphatic hydroxyl groups excluding tert-OH is 1. The molecular weight excluding hydrogens is 492 g/mol. The molecule has 1 saturated heterocycles. The first kappa shape index (κ1) is 26.6. The summed E-state index contributed by atoms with van der Waals surface area (Å²) in [5.41, 5.74) is 3.29. The van der Waals surface area contributed by atoms with E-state index in [2.05, 4.69) is 27.1 Å². The summed E-state index contributed by atoms with van der Waals surface area (Å²) in [6, 6.07) is 15.6. The van der Waals surface area contributed by atoms with Crippen molar-refractivity contribution < 1.29 is 18.6 Å². The number of nitrogens with zero attached hydrogens (tertiary/aromatic N) is 2. The fourth-order valence-electron chi connectivity index (χ4n) is 4.25. The highest BCUT2D eigenvalue weighted by Gasteiger charge is 2.27. The van der Waals surface area contributed by atoms with Gasteiger partial charge in [0.05, 0.1) is 24.9 Å². The SMILES string of the molecule is CS(=O)(=O)N1CC[C@@H](NCc2ccc(C#Cc3ccc(C(CO)Cc4nc[nH]c(=O)c4O)cc3)cc2)C1. The maximum absolute atomic E-state index is 11.7. The van der Waals surface area contributed by atoms with Crippen LogP contribution in [0.15, 0.2) is 59.7 Å². The molecule has 10 heteroatoms. The zero-order chi connectivity index (χ0) is 26.4. The maximum atomic E-state index is 11.7. The first-order valence-electron chi connectivity index (χ1n) is 12.0. The van der Waals surface area contributed by atoms with Crippen molar-refractivity contribution in [3.8, 4) is 17.6 Å².